The van der Waals surface area contributed by atoms with Crippen LogP contribution in [0.2, 0.25) is 0 Å². The standard InChI is InChI=1S/C14H25NO/c1-15-13-5-3-2-4-11(13)12-8-10(9-16)6-7-14(12)15/h10-14,16H,2-9H2,1H3. The van der Waals surface area contributed by atoms with Gasteiger partial charge in [0.15, 0.2) is 0 Å². The van der Waals surface area contributed by atoms with Crippen LogP contribution in [0.3, 0.4) is 0 Å². The van der Waals surface area contributed by atoms with Crippen molar-refractivity contribution in [3.63, 3.8) is 0 Å². The zero-order valence-electron chi connectivity index (χ0n) is 10.4. The van der Waals surface area contributed by atoms with E-state index in [0.717, 1.165) is 23.9 Å². The third kappa shape index (κ3) is 1.62. The van der Waals surface area contributed by atoms with Gasteiger partial charge in [-0.3, -0.25) is 4.90 Å². The summed E-state index contributed by atoms with van der Waals surface area (Å²) in [6.07, 6.45) is 9.65. The molecule has 92 valence electrons. The lowest BCUT2D eigenvalue weighted by molar-refractivity contribution is 0.114. The molecule has 0 amide bonds. The number of likely N-dealkylation sites (tertiary alicyclic amines) is 1. The van der Waals surface area contributed by atoms with Gasteiger partial charge in [0, 0.05) is 18.7 Å². The van der Waals surface area contributed by atoms with E-state index in [-0.39, 0.29) is 0 Å². The lowest BCUT2D eigenvalue weighted by atomic mass is 9.70. The van der Waals surface area contributed by atoms with E-state index in [1.165, 1.54) is 44.9 Å². The van der Waals surface area contributed by atoms with Gasteiger partial charge in [-0.2, -0.15) is 0 Å². The lowest BCUT2D eigenvalue weighted by Gasteiger charge is -2.35. The highest BCUT2D eigenvalue weighted by molar-refractivity contribution is 5.02. The van der Waals surface area contributed by atoms with Crippen molar-refractivity contribution < 1.29 is 5.11 Å². The fourth-order valence-corrected chi connectivity index (χ4v) is 4.80. The molecule has 0 spiro atoms. The quantitative estimate of drug-likeness (QED) is 0.737. The molecular formula is C14H25NO. The molecule has 2 saturated carbocycles. The number of fused-ring (bicyclic) bond motifs is 3. The summed E-state index contributed by atoms with van der Waals surface area (Å²) in [5, 5.41) is 9.36. The fraction of sp³-hybridized carbons (Fsp3) is 1.00. The number of aliphatic hydroxyl groups excluding tert-OH is 1. The van der Waals surface area contributed by atoms with Gasteiger partial charge in [0.05, 0.1) is 0 Å². The van der Waals surface area contributed by atoms with E-state index >= 15 is 0 Å². The van der Waals surface area contributed by atoms with E-state index in [1.807, 2.05) is 0 Å². The highest BCUT2D eigenvalue weighted by atomic mass is 16.3. The van der Waals surface area contributed by atoms with Crippen LogP contribution in [0.15, 0.2) is 0 Å². The van der Waals surface area contributed by atoms with Gasteiger partial charge < -0.3 is 5.11 Å². The molecule has 3 aliphatic rings. The minimum Gasteiger partial charge on any atom is -0.396 e. The second-order valence-corrected chi connectivity index (χ2v) is 6.27. The predicted molar refractivity (Wildman–Crippen MR) is 65.2 cm³/mol. The Bertz CT molecular complexity index is 255. The van der Waals surface area contributed by atoms with Gasteiger partial charge in [0.1, 0.15) is 0 Å². The van der Waals surface area contributed by atoms with Gasteiger partial charge in [-0.1, -0.05) is 12.8 Å². The summed E-state index contributed by atoms with van der Waals surface area (Å²) < 4.78 is 0. The van der Waals surface area contributed by atoms with Gasteiger partial charge in [-0.25, -0.2) is 0 Å². The Balaban J connectivity index is 1.77. The van der Waals surface area contributed by atoms with E-state index < -0.39 is 0 Å². The normalized spacial score (nSPS) is 48.8. The summed E-state index contributed by atoms with van der Waals surface area (Å²) in [6.45, 7) is 0.421. The molecule has 2 aliphatic carbocycles. The number of rotatable bonds is 1. The molecule has 3 fully saturated rings. The summed E-state index contributed by atoms with van der Waals surface area (Å²) in [7, 11) is 2.35. The second-order valence-electron chi connectivity index (χ2n) is 6.27. The second kappa shape index (κ2) is 4.30. The average Bonchev–Trinajstić information content (AvgIpc) is 2.64. The van der Waals surface area contributed by atoms with Gasteiger partial charge in [-0.05, 0) is 56.9 Å². The highest BCUT2D eigenvalue weighted by Crippen LogP contribution is 2.49. The maximum atomic E-state index is 9.36. The van der Waals surface area contributed by atoms with Crippen LogP contribution >= 0.6 is 0 Å². The summed E-state index contributed by atoms with van der Waals surface area (Å²) in [4.78, 5) is 2.70. The number of hydrogen-bond donors (Lipinski definition) is 1. The molecule has 2 heteroatoms. The predicted octanol–water partition coefficient (Wildman–Crippen LogP) is 2.27. The van der Waals surface area contributed by atoms with E-state index in [9.17, 15) is 5.11 Å². The summed E-state index contributed by atoms with van der Waals surface area (Å²) in [5.41, 5.74) is 0. The van der Waals surface area contributed by atoms with Gasteiger partial charge in [-0.15, -0.1) is 0 Å². The van der Waals surface area contributed by atoms with Crippen LogP contribution in [0.1, 0.15) is 44.9 Å². The minimum atomic E-state index is 0.421. The van der Waals surface area contributed by atoms with Crippen molar-refractivity contribution in [3.8, 4) is 0 Å². The maximum Gasteiger partial charge on any atom is 0.0459 e. The molecule has 5 unspecified atom stereocenters. The molecule has 0 aromatic carbocycles. The van der Waals surface area contributed by atoms with Gasteiger partial charge >= 0.3 is 0 Å². The molecule has 0 aromatic heterocycles. The highest BCUT2D eigenvalue weighted by Gasteiger charge is 2.49. The van der Waals surface area contributed by atoms with Crippen LogP contribution in [0.4, 0.5) is 0 Å². The first-order chi connectivity index (χ1) is 7.81. The zero-order chi connectivity index (χ0) is 11.1. The third-order valence-corrected chi connectivity index (χ3v) is 5.61. The summed E-state index contributed by atoms with van der Waals surface area (Å²) in [6, 6.07) is 1.72. The molecule has 3 rings (SSSR count). The topological polar surface area (TPSA) is 23.5 Å². The molecule has 0 aromatic rings. The first-order valence-corrected chi connectivity index (χ1v) is 7.14. The monoisotopic (exact) mass is 223 g/mol. The molecule has 1 N–H and O–H groups in total. The fourth-order valence-electron chi connectivity index (χ4n) is 4.80. The van der Waals surface area contributed by atoms with Crippen molar-refractivity contribution in [3.05, 3.63) is 0 Å². The van der Waals surface area contributed by atoms with Crippen LogP contribution in [-0.4, -0.2) is 35.7 Å². The Morgan fingerprint density at radius 1 is 1.00 bits per heavy atom. The minimum absolute atomic E-state index is 0.421. The SMILES string of the molecule is CN1C2CCCCC2C2CC(CO)CCC21. The van der Waals surface area contributed by atoms with Crippen molar-refractivity contribution in [1.82, 2.24) is 4.90 Å². The third-order valence-electron chi connectivity index (χ3n) is 5.61. The van der Waals surface area contributed by atoms with Crippen molar-refractivity contribution >= 4 is 0 Å². The van der Waals surface area contributed by atoms with Crippen LogP contribution in [0.25, 0.3) is 0 Å². The zero-order valence-corrected chi connectivity index (χ0v) is 10.4. The Hall–Kier alpha value is -0.0800. The molecular weight excluding hydrogens is 198 g/mol. The van der Waals surface area contributed by atoms with E-state index in [0.29, 0.717) is 12.5 Å². The number of aliphatic hydroxyl groups is 1. The van der Waals surface area contributed by atoms with Gasteiger partial charge in [0.2, 0.25) is 0 Å². The molecule has 2 nitrogen and oxygen atoms in total. The van der Waals surface area contributed by atoms with E-state index in [2.05, 4.69) is 11.9 Å². The lowest BCUT2D eigenvalue weighted by Crippen LogP contribution is -2.37. The van der Waals surface area contributed by atoms with Crippen molar-refractivity contribution in [2.24, 2.45) is 17.8 Å². The van der Waals surface area contributed by atoms with E-state index in [1.54, 1.807) is 0 Å². The van der Waals surface area contributed by atoms with Crippen molar-refractivity contribution in [1.29, 1.82) is 0 Å². The van der Waals surface area contributed by atoms with Crippen molar-refractivity contribution in [2.75, 3.05) is 13.7 Å². The Kier molecular flexibility index (Phi) is 2.97. The molecule has 0 bridgehead atoms. The Labute approximate surface area is 99.0 Å². The smallest absolute Gasteiger partial charge is 0.0459 e. The Morgan fingerprint density at radius 2 is 1.75 bits per heavy atom. The van der Waals surface area contributed by atoms with Crippen LogP contribution in [0.5, 0.6) is 0 Å². The number of hydrogen-bond acceptors (Lipinski definition) is 2. The van der Waals surface area contributed by atoms with Crippen LogP contribution < -0.4 is 0 Å². The van der Waals surface area contributed by atoms with Crippen molar-refractivity contribution in [2.45, 2.75) is 57.0 Å². The molecule has 1 heterocycles. The average molecular weight is 223 g/mol. The van der Waals surface area contributed by atoms with Gasteiger partial charge in [0.25, 0.3) is 0 Å². The summed E-state index contributed by atoms with van der Waals surface area (Å²) >= 11 is 0. The molecule has 0 radical (unpaired) electrons. The maximum absolute atomic E-state index is 9.36. The van der Waals surface area contributed by atoms with E-state index in [4.69, 9.17) is 0 Å². The number of nitrogens with zero attached hydrogens (tertiary/aromatic N) is 1. The Morgan fingerprint density at radius 3 is 2.56 bits per heavy atom. The molecule has 1 saturated heterocycles. The molecule has 5 atom stereocenters. The van der Waals surface area contributed by atoms with Crippen LogP contribution in [-0.2, 0) is 0 Å². The first kappa shape index (κ1) is 11.0. The van der Waals surface area contributed by atoms with Crippen LogP contribution in [0, 0.1) is 17.8 Å². The molecule has 16 heavy (non-hydrogen) atoms. The molecule has 1 aliphatic heterocycles. The first-order valence-electron chi connectivity index (χ1n) is 7.14. The summed E-state index contributed by atoms with van der Waals surface area (Å²) in [5.74, 6) is 2.47. The largest absolute Gasteiger partial charge is 0.396 e.